The average molecular weight is 266 g/mol. The molecule has 4 nitrogen and oxygen atoms in total. The van der Waals surface area contributed by atoms with E-state index in [1.54, 1.807) is 24.3 Å². The average Bonchev–Trinajstić information content (AvgIpc) is 2.66. The van der Waals surface area contributed by atoms with Crippen LogP contribution in [0, 0.1) is 0 Å². The molecule has 0 saturated heterocycles. The molecule has 0 atom stereocenters. The zero-order valence-electron chi connectivity index (χ0n) is 9.64. The van der Waals surface area contributed by atoms with Gasteiger partial charge >= 0.3 is 0 Å². The van der Waals surface area contributed by atoms with E-state index in [-0.39, 0.29) is 11.8 Å². The Hall–Kier alpha value is -1.81. The van der Waals surface area contributed by atoms with Crippen molar-refractivity contribution >= 4 is 23.4 Å². The number of carbonyl (C=O) groups is 2. The first-order chi connectivity index (χ1) is 8.66. The Morgan fingerprint density at radius 3 is 2.56 bits per heavy atom. The molecule has 0 unspecified atom stereocenters. The molecule has 0 aliphatic carbocycles. The number of hydrogen-bond acceptors (Lipinski definition) is 3. The van der Waals surface area contributed by atoms with Crippen molar-refractivity contribution in [2.24, 2.45) is 0 Å². The summed E-state index contributed by atoms with van der Waals surface area (Å²) < 4.78 is 5.46. The Bertz CT molecular complexity index is 481. The highest BCUT2D eigenvalue weighted by molar-refractivity contribution is 6.30. The minimum Gasteiger partial charge on any atom is -0.493 e. The fourth-order valence-electron chi connectivity index (χ4n) is 1.62. The highest BCUT2D eigenvalue weighted by Gasteiger charge is 2.22. The summed E-state index contributed by atoms with van der Waals surface area (Å²) in [6, 6.07) is 7.09. The van der Waals surface area contributed by atoms with Crippen LogP contribution in [0.3, 0.4) is 0 Å². The first-order valence-electron chi connectivity index (χ1n) is 5.59. The van der Waals surface area contributed by atoms with Gasteiger partial charge in [-0.15, -0.1) is 0 Å². The van der Waals surface area contributed by atoms with E-state index >= 15 is 0 Å². The third kappa shape index (κ3) is 3.11. The van der Waals surface area contributed by atoms with E-state index in [1.807, 2.05) is 0 Å². The van der Waals surface area contributed by atoms with E-state index in [0.29, 0.717) is 30.3 Å². The Kier molecular flexibility index (Phi) is 3.99. The zero-order chi connectivity index (χ0) is 13.0. The smallest absolute Gasteiger partial charge is 0.253 e. The van der Waals surface area contributed by atoms with Gasteiger partial charge in [-0.25, -0.2) is 0 Å². The predicted molar refractivity (Wildman–Crippen MR) is 67.4 cm³/mol. The first kappa shape index (κ1) is 12.6. The van der Waals surface area contributed by atoms with Crippen LogP contribution in [0.1, 0.15) is 6.42 Å². The summed E-state index contributed by atoms with van der Waals surface area (Å²) in [5.74, 6) is 0.158. The number of carbonyl (C=O) groups excluding carboxylic acids is 2. The summed E-state index contributed by atoms with van der Waals surface area (Å²) in [7, 11) is 0. The molecule has 1 heterocycles. The molecule has 1 aliphatic heterocycles. The third-order valence-electron chi connectivity index (χ3n) is 2.49. The van der Waals surface area contributed by atoms with Crippen molar-refractivity contribution in [3.63, 3.8) is 0 Å². The summed E-state index contributed by atoms with van der Waals surface area (Å²) in [5.41, 5.74) is 0. The lowest BCUT2D eigenvalue weighted by molar-refractivity contribution is -0.136. The molecule has 1 aromatic rings. The minimum atomic E-state index is -0.261. The number of hydrogen-bond donors (Lipinski definition) is 0. The van der Waals surface area contributed by atoms with Gasteiger partial charge in [-0.1, -0.05) is 17.7 Å². The number of amides is 2. The van der Waals surface area contributed by atoms with Crippen LogP contribution >= 0.6 is 11.6 Å². The van der Waals surface area contributed by atoms with Gasteiger partial charge in [-0.05, 0) is 24.6 Å². The molecule has 18 heavy (non-hydrogen) atoms. The first-order valence-corrected chi connectivity index (χ1v) is 5.96. The number of imide groups is 1. The van der Waals surface area contributed by atoms with Crippen molar-refractivity contribution in [3.05, 3.63) is 41.4 Å². The van der Waals surface area contributed by atoms with E-state index in [4.69, 9.17) is 16.3 Å². The maximum absolute atomic E-state index is 11.3. The van der Waals surface area contributed by atoms with E-state index in [9.17, 15) is 9.59 Å². The van der Waals surface area contributed by atoms with Gasteiger partial charge in [0.25, 0.3) is 11.8 Å². The molecule has 0 spiro atoms. The highest BCUT2D eigenvalue weighted by Crippen LogP contribution is 2.17. The Labute approximate surface area is 110 Å². The predicted octanol–water partition coefficient (Wildman–Crippen LogP) is 2.03. The van der Waals surface area contributed by atoms with Crippen LogP contribution in [0.5, 0.6) is 5.75 Å². The van der Waals surface area contributed by atoms with Crippen LogP contribution in [0.25, 0.3) is 0 Å². The van der Waals surface area contributed by atoms with Crippen molar-refractivity contribution in [2.45, 2.75) is 6.42 Å². The van der Waals surface area contributed by atoms with Gasteiger partial charge < -0.3 is 4.74 Å². The lowest BCUT2D eigenvalue weighted by Crippen LogP contribution is -2.31. The van der Waals surface area contributed by atoms with Crippen LogP contribution in [0.4, 0.5) is 0 Å². The molecule has 0 radical (unpaired) electrons. The maximum atomic E-state index is 11.3. The van der Waals surface area contributed by atoms with Crippen LogP contribution in [0.2, 0.25) is 5.02 Å². The molecule has 1 aliphatic rings. The third-order valence-corrected chi connectivity index (χ3v) is 2.73. The van der Waals surface area contributed by atoms with Crippen LogP contribution in [-0.2, 0) is 9.59 Å². The second-order valence-electron chi connectivity index (χ2n) is 3.82. The fraction of sp³-hybridized carbons (Fsp3) is 0.231. The van der Waals surface area contributed by atoms with Gasteiger partial charge in [-0.3, -0.25) is 14.5 Å². The quantitative estimate of drug-likeness (QED) is 0.605. The zero-order valence-corrected chi connectivity index (χ0v) is 10.4. The number of rotatable bonds is 5. The number of benzene rings is 1. The van der Waals surface area contributed by atoms with E-state index in [0.717, 1.165) is 0 Å². The molecule has 94 valence electrons. The monoisotopic (exact) mass is 265 g/mol. The Morgan fingerprint density at radius 2 is 1.89 bits per heavy atom. The summed E-state index contributed by atoms with van der Waals surface area (Å²) in [6.07, 6.45) is 3.14. The van der Waals surface area contributed by atoms with Gasteiger partial charge in [0.15, 0.2) is 0 Å². The van der Waals surface area contributed by atoms with Gasteiger partial charge in [-0.2, -0.15) is 0 Å². The van der Waals surface area contributed by atoms with Gasteiger partial charge in [0.1, 0.15) is 5.75 Å². The Balaban J connectivity index is 1.73. The standard InChI is InChI=1S/C13H12ClNO3/c14-10-3-1-4-11(9-10)18-8-2-7-15-12(16)5-6-13(15)17/h1,3-6,9H,2,7-8H2. The Morgan fingerprint density at radius 1 is 1.17 bits per heavy atom. The SMILES string of the molecule is O=C1C=CC(=O)N1CCCOc1cccc(Cl)c1. The number of halogens is 1. The molecular weight excluding hydrogens is 254 g/mol. The highest BCUT2D eigenvalue weighted by atomic mass is 35.5. The fourth-order valence-corrected chi connectivity index (χ4v) is 1.80. The van der Waals surface area contributed by atoms with Gasteiger partial charge in [0.05, 0.1) is 6.61 Å². The molecule has 2 rings (SSSR count). The van der Waals surface area contributed by atoms with Gasteiger partial charge in [0.2, 0.25) is 0 Å². The lowest BCUT2D eigenvalue weighted by atomic mass is 10.3. The summed E-state index contributed by atoms with van der Waals surface area (Å²) in [4.78, 5) is 23.7. The topological polar surface area (TPSA) is 46.6 Å². The molecular formula is C13H12ClNO3. The second-order valence-corrected chi connectivity index (χ2v) is 4.26. The van der Waals surface area contributed by atoms with Crippen LogP contribution in [0.15, 0.2) is 36.4 Å². The molecule has 5 heteroatoms. The maximum Gasteiger partial charge on any atom is 0.253 e. The molecule has 0 fully saturated rings. The van der Waals surface area contributed by atoms with E-state index in [2.05, 4.69) is 0 Å². The molecule has 0 bridgehead atoms. The van der Waals surface area contributed by atoms with Crippen LogP contribution in [-0.4, -0.2) is 29.9 Å². The lowest BCUT2D eigenvalue weighted by Gasteiger charge is -2.13. The number of nitrogens with zero attached hydrogens (tertiary/aromatic N) is 1. The van der Waals surface area contributed by atoms with Crippen molar-refractivity contribution in [1.29, 1.82) is 0 Å². The molecule has 0 saturated carbocycles. The second kappa shape index (κ2) is 5.69. The van der Waals surface area contributed by atoms with Gasteiger partial charge in [0, 0.05) is 23.7 Å². The molecule has 1 aromatic carbocycles. The molecule has 2 amide bonds. The summed E-state index contributed by atoms with van der Waals surface area (Å²) in [5, 5.41) is 0.613. The van der Waals surface area contributed by atoms with Crippen LogP contribution < -0.4 is 4.74 Å². The number of ether oxygens (including phenoxy) is 1. The van der Waals surface area contributed by atoms with E-state index < -0.39 is 0 Å². The van der Waals surface area contributed by atoms with Crippen molar-refractivity contribution in [2.75, 3.05) is 13.2 Å². The molecule has 0 aromatic heterocycles. The van der Waals surface area contributed by atoms with Crippen molar-refractivity contribution < 1.29 is 14.3 Å². The van der Waals surface area contributed by atoms with E-state index in [1.165, 1.54) is 17.1 Å². The van der Waals surface area contributed by atoms with Crippen molar-refractivity contribution in [3.8, 4) is 5.75 Å². The van der Waals surface area contributed by atoms with Crippen molar-refractivity contribution in [1.82, 2.24) is 4.90 Å². The minimum absolute atomic E-state index is 0.261. The normalized spacial score (nSPS) is 14.4. The molecule has 0 N–H and O–H groups in total. The summed E-state index contributed by atoms with van der Waals surface area (Å²) >= 11 is 5.81. The summed E-state index contributed by atoms with van der Waals surface area (Å²) in [6.45, 7) is 0.794. The largest absolute Gasteiger partial charge is 0.493 e.